The van der Waals surface area contributed by atoms with Gasteiger partial charge in [-0.3, -0.25) is 14.5 Å². The molecule has 2 aromatic rings. The Morgan fingerprint density at radius 3 is 2.88 bits per heavy atom. The molecule has 2 aliphatic heterocycles. The summed E-state index contributed by atoms with van der Waals surface area (Å²) in [6.07, 6.45) is 10.3. The van der Waals surface area contributed by atoms with Gasteiger partial charge in [-0.25, -0.2) is 9.78 Å². The predicted octanol–water partition coefficient (Wildman–Crippen LogP) is 1.00. The van der Waals surface area contributed by atoms with E-state index >= 15 is 0 Å². The van der Waals surface area contributed by atoms with Crippen molar-refractivity contribution in [1.29, 1.82) is 0 Å². The van der Waals surface area contributed by atoms with Crippen LogP contribution in [0.4, 0.5) is 10.5 Å². The lowest BCUT2D eigenvalue weighted by molar-refractivity contribution is 0.0868. The third-order valence-electron chi connectivity index (χ3n) is 5.12. The molecule has 0 bridgehead atoms. The zero-order valence-electron chi connectivity index (χ0n) is 13.5. The van der Waals surface area contributed by atoms with Crippen LogP contribution in [-0.2, 0) is 6.54 Å². The zero-order valence-corrected chi connectivity index (χ0v) is 13.5. The minimum atomic E-state index is -0.0308. The molecule has 3 fully saturated rings. The molecule has 3 aliphatic rings. The number of rotatable bonds is 5. The van der Waals surface area contributed by atoms with E-state index in [0.29, 0.717) is 25.2 Å². The molecule has 0 radical (unpaired) electrons. The molecule has 4 heterocycles. The fourth-order valence-electron chi connectivity index (χ4n) is 3.58. The molecule has 24 heavy (non-hydrogen) atoms. The van der Waals surface area contributed by atoms with Crippen molar-refractivity contribution in [2.45, 2.75) is 31.5 Å². The van der Waals surface area contributed by atoms with Crippen molar-refractivity contribution in [2.24, 2.45) is 0 Å². The smallest absolute Gasteiger partial charge is 0.322 e. The monoisotopic (exact) mass is 327 g/mol. The lowest BCUT2D eigenvalue weighted by atomic mass is 10.1. The average Bonchev–Trinajstić information content (AvgIpc) is 2.95. The zero-order chi connectivity index (χ0) is 16.1. The van der Waals surface area contributed by atoms with Gasteiger partial charge in [0.25, 0.3) is 0 Å². The van der Waals surface area contributed by atoms with Gasteiger partial charge in [0.1, 0.15) is 5.82 Å². The summed E-state index contributed by atoms with van der Waals surface area (Å²) in [4.78, 5) is 20.4. The van der Waals surface area contributed by atoms with Crippen molar-refractivity contribution in [2.75, 3.05) is 31.1 Å². The van der Waals surface area contributed by atoms with E-state index in [2.05, 4.69) is 31.1 Å². The van der Waals surface area contributed by atoms with Crippen LogP contribution in [0.1, 0.15) is 30.7 Å². The third-order valence-corrected chi connectivity index (χ3v) is 5.12. The molecule has 1 N–H and O–H groups in total. The Morgan fingerprint density at radius 2 is 2.12 bits per heavy atom. The van der Waals surface area contributed by atoms with Crippen LogP contribution in [0.15, 0.2) is 24.8 Å². The van der Waals surface area contributed by atoms with E-state index in [0.717, 1.165) is 25.3 Å². The van der Waals surface area contributed by atoms with E-state index in [1.807, 2.05) is 17.1 Å². The van der Waals surface area contributed by atoms with E-state index in [9.17, 15) is 4.79 Å². The highest BCUT2D eigenvalue weighted by Gasteiger charge is 2.32. The number of hydrogen-bond acceptors (Lipinski definition) is 4. The number of carbonyl (C=O) groups is 1. The summed E-state index contributed by atoms with van der Waals surface area (Å²) >= 11 is 0. The Kier molecular flexibility index (Phi) is 3.12. The van der Waals surface area contributed by atoms with Crippen LogP contribution in [0, 0.1) is 0 Å². The number of imidazole rings is 1. The van der Waals surface area contributed by atoms with Crippen LogP contribution in [-0.4, -0.2) is 56.4 Å². The molecular weight excluding hydrogens is 306 g/mol. The maximum Gasteiger partial charge on any atom is 0.322 e. The Morgan fingerprint density at radius 1 is 1.25 bits per heavy atom. The van der Waals surface area contributed by atoms with Crippen molar-refractivity contribution in [3.63, 3.8) is 0 Å². The van der Waals surface area contributed by atoms with Gasteiger partial charge in [0.05, 0.1) is 24.5 Å². The van der Waals surface area contributed by atoms with Crippen molar-refractivity contribution < 1.29 is 4.79 Å². The van der Waals surface area contributed by atoms with Gasteiger partial charge < -0.3 is 9.88 Å². The van der Waals surface area contributed by atoms with Crippen molar-refractivity contribution in [1.82, 2.24) is 29.5 Å². The van der Waals surface area contributed by atoms with Crippen LogP contribution in [0.3, 0.4) is 0 Å². The minimum Gasteiger partial charge on any atom is -0.336 e. The molecule has 8 nitrogen and oxygen atoms in total. The molecule has 0 atom stereocenters. The summed E-state index contributed by atoms with van der Waals surface area (Å²) in [6, 6.07) is 1.03. The predicted molar refractivity (Wildman–Crippen MR) is 87.8 cm³/mol. The molecule has 0 spiro atoms. The fraction of sp³-hybridized carbons (Fsp3) is 0.562. The first-order valence-electron chi connectivity index (χ1n) is 8.61. The molecule has 2 saturated heterocycles. The third kappa shape index (κ3) is 2.37. The van der Waals surface area contributed by atoms with E-state index in [1.165, 1.54) is 18.7 Å². The second-order valence-corrected chi connectivity index (χ2v) is 6.89. The highest BCUT2D eigenvalue weighted by Crippen LogP contribution is 2.36. The number of urea groups is 1. The summed E-state index contributed by atoms with van der Waals surface area (Å²) < 4.78 is 4.32. The van der Waals surface area contributed by atoms with Crippen LogP contribution in [0.5, 0.6) is 0 Å². The number of nitrogens with one attached hydrogen (secondary N) is 1. The van der Waals surface area contributed by atoms with Gasteiger partial charge in [0, 0.05) is 50.8 Å². The second kappa shape index (κ2) is 5.34. The van der Waals surface area contributed by atoms with Crippen LogP contribution >= 0.6 is 0 Å². The van der Waals surface area contributed by atoms with Crippen molar-refractivity contribution in [3.8, 4) is 0 Å². The molecule has 0 aromatic carbocycles. The highest BCUT2D eigenvalue weighted by atomic mass is 16.2. The van der Waals surface area contributed by atoms with E-state index in [1.54, 1.807) is 11.1 Å². The van der Waals surface area contributed by atoms with Crippen LogP contribution < -0.4 is 10.2 Å². The summed E-state index contributed by atoms with van der Waals surface area (Å²) in [5.74, 6) is 1.17. The standard InChI is InChI=1S/C16H21N7O/c24-16-18-4-6-22(16)13-7-19-23(10-13)14-8-20(9-14)11-15-17-3-5-21(15)12-1-2-12/h3,5,7,10,12,14H,1-2,4,6,8-9,11H2,(H,18,24). The minimum absolute atomic E-state index is 0.0308. The summed E-state index contributed by atoms with van der Waals surface area (Å²) in [7, 11) is 0. The number of likely N-dealkylation sites (tertiary alicyclic amines) is 1. The molecule has 5 rings (SSSR count). The summed E-state index contributed by atoms with van der Waals surface area (Å²) in [6.45, 7) is 4.28. The number of nitrogens with zero attached hydrogens (tertiary/aromatic N) is 6. The Balaban J connectivity index is 1.20. The van der Waals surface area contributed by atoms with Crippen LogP contribution in [0.25, 0.3) is 0 Å². The second-order valence-electron chi connectivity index (χ2n) is 6.89. The normalized spacial score (nSPS) is 22.0. The first kappa shape index (κ1) is 14.0. The molecule has 1 aliphatic carbocycles. The Labute approximate surface area is 140 Å². The maximum absolute atomic E-state index is 11.7. The molecule has 0 unspecified atom stereocenters. The molecular formula is C16H21N7O. The van der Waals surface area contributed by atoms with E-state index in [-0.39, 0.29) is 6.03 Å². The Hall–Kier alpha value is -2.35. The number of carbonyl (C=O) groups excluding carboxylic acids is 1. The first-order chi connectivity index (χ1) is 11.8. The van der Waals surface area contributed by atoms with Crippen molar-refractivity contribution >= 4 is 11.7 Å². The van der Waals surface area contributed by atoms with E-state index in [4.69, 9.17) is 0 Å². The summed E-state index contributed by atoms with van der Waals surface area (Å²) in [5, 5.41) is 7.27. The number of hydrogen-bond donors (Lipinski definition) is 1. The molecule has 2 aromatic heterocycles. The van der Waals surface area contributed by atoms with Crippen molar-refractivity contribution in [3.05, 3.63) is 30.6 Å². The SMILES string of the molecule is O=C1NCCN1c1cnn(C2CN(Cc3nccn3C3CC3)C2)c1. The molecule has 2 amide bonds. The van der Waals surface area contributed by atoms with Gasteiger partial charge in [-0.2, -0.15) is 5.10 Å². The topological polar surface area (TPSA) is 71.2 Å². The number of amides is 2. The van der Waals surface area contributed by atoms with Gasteiger partial charge in [0.2, 0.25) is 0 Å². The molecule has 8 heteroatoms. The van der Waals surface area contributed by atoms with Gasteiger partial charge in [-0.15, -0.1) is 0 Å². The average molecular weight is 327 g/mol. The van der Waals surface area contributed by atoms with E-state index < -0.39 is 0 Å². The molecule has 1 saturated carbocycles. The lowest BCUT2D eigenvalue weighted by Gasteiger charge is -2.39. The number of aromatic nitrogens is 4. The Bertz CT molecular complexity index is 756. The maximum atomic E-state index is 11.7. The number of anilines is 1. The largest absolute Gasteiger partial charge is 0.336 e. The van der Waals surface area contributed by atoms with Gasteiger partial charge >= 0.3 is 6.03 Å². The highest BCUT2D eigenvalue weighted by molar-refractivity contribution is 5.93. The van der Waals surface area contributed by atoms with Crippen LogP contribution in [0.2, 0.25) is 0 Å². The van der Waals surface area contributed by atoms with Gasteiger partial charge in [0.15, 0.2) is 0 Å². The van der Waals surface area contributed by atoms with Gasteiger partial charge in [-0.1, -0.05) is 0 Å². The first-order valence-corrected chi connectivity index (χ1v) is 8.61. The summed E-state index contributed by atoms with van der Waals surface area (Å²) in [5.41, 5.74) is 0.882. The van der Waals surface area contributed by atoms with Gasteiger partial charge in [-0.05, 0) is 12.8 Å². The molecule has 126 valence electrons. The quantitative estimate of drug-likeness (QED) is 0.889. The fourth-order valence-corrected chi connectivity index (χ4v) is 3.58. The lowest BCUT2D eigenvalue weighted by Crippen LogP contribution is -2.47.